The number of aryl methyl sites for hydroxylation is 1. The monoisotopic (exact) mass is 216 g/mol. The molecule has 0 aromatic heterocycles. The normalized spacial score (nSPS) is 11.2. The molecular formula is C15H20O. The van der Waals surface area contributed by atoms with Gasteiger partial charge in [-0.3, -0.25) is 4.79 Å². The second kappa shape index (κ2) is 7.00. The highest BCUT2D eigenvalue weighted by Crippen LogP contribution is 2.04. The fourth-order valence-corrected chi connectivity index (χ4v) is 1.47. The van der Waals surface area contributed by atoms with Crippen LogP contribution in [0.2, 0.25) is 0 Å². The third-order valence-corrected chi connectivity index (χ3v) is 2.41. The zero-order valence-corrected chi connectivity index (χ0v) is 10.1. The Bertz CT molecular complexity index is 336. The van der Waals surface area contributed by atoms with Gasteiger partial charge in [0.15, 0.2) is 5.78 Å². The van der Waals surface area contributed by atoms with E-state index in [1.54, 1.807) is 6.08 Å². The van der Waals surface area contributed by atoms with E-state index in [-0.39, 0.29) is 5.78 Å². The van der Waals surface area contributed by atoms with Crippen molar-refractivity contribution in [3.63, 3.8) is 0 Å². The SMILES string of the molecule is CC(C)C/C=C/C(=O)CCc1ccccc1. The Hall–Kier alpha value is -1.37. The summed E-state index contributed by atoms with van der Waals surface area (Å²) in [5, 5.41) is 0. The van der Waals surface area contributed by atoms with Gasteiger partial charge >= 0.3 is 0 Å². The molecule has 0 spiro atoms. The molecule has 0 atom stereocenters. The number of rotatable bonds is 6. The van der Waals surface area contributed by atoms with Crippen LogP contribution in [-0.4, -0.2) is 5.78 Å². The molecule has 1 heteroatoms. The Morgan fingerprint density at radius 2 is 1.94 bits per heavy atom. The van der Waals surface area contributed by atoms with Crippen molar-refractivity contribution >= 4 is 5.78 Å². The van der Waals surface area contributed by atoms with E-state index in [2.05, 4.69) is 26.0 Å². The Kier molecular flexibility index (Phi) is 5.55. The second-order valence-corrected chi connectivity index (χ2v) is 4.48. The van der Waals surface area contributed by atoms with Crippen molar-refractivity contribution in [1.82, 2.24) is 0 Å². The number of hydrogen-bond donors (Lipinski definition) is 0. The van der Waals surface area contributed by atoms with Crippen LogP contribution < -0.4 is 0 Å². The van der Waals surface area contributed by atoms with Crippen molar-refractivity contribution < 1.29 is 4.79 Å². The molecule has 0 bridgehead atoms. The number of carbonyl (C=O) groups is 1. The molecule has 0 fully saturated rings. The zero-order chi connectivity index (χ0) is 11.8. The first kappa shape index (κ1) is 12.7. The van der Waals surface area contributed by atoms with Crippen molar-refractivity contribution in [2.45, 2.75) is 33.1 Å². The minimum atomic E-state index is 0.226. The van der Waals surface area contributed by atoms with Gasteiger partial charge in [-0.1, -0.05) is 50.3 Å². The molecule has 1 nitrogen and oxygen atoms in total. The highest BCUT2D eigenvalue weighted by molar-refractivity contribution is 5.89. The molecular weight excluding hydrogens is 196 g/mol. The van der Waals surface area contributed by atoms with Crippen molar-refractivity contribution in [2.75, 3.05) is 0 Å². The van der Waals surface area contributed by atoms with Gasteiger partial charge in [-0.05, 0) is 30.4 Å². The van der Waals surface area contributed by atoms with Crippen molar-refractivity contribution in [3.8, 4) is 0 Å². The van der Waals surface area contributed by atoms with Gasteiger partial charge in [-0.25, -0.2) is 0 Å². The maximum absolute atomic E-state index is 11.5. The van der Waals surface area contributed by atoms with Crippen LogP contribution in [-0.2, 0) is 11.2 Å². The molecule has 0 aliphatic heterocycles. The van der Waals surface area contributed by atoms with Crippen molar-refractivity contribution in [1.29, 1.82) is 0 Å². The van der Waals surface area contributed by atoms with Gasteiger partial charge in [0.25, 0.3) is 0 Å². The Morgan fingerprint density at radius 3 is 2.56 bits per heavy atom. The molecule has 1 aromatic rings. The van der Waals surface area contributed by atoms with E-state index in [1.807, 2.05) is 24.3 Å². The molecule has 0 unspecified atom stereocenters. The van der Waals surface area contributed by atoms with Gasteiger partial charge in [0.1, 0.15) is 0 Å². The van der Waals surface area contributed by atoms with Gasteiger partial charge in [0, 0.05) is 6.42 Å². The van der Waals surface area contributed by atoms with Crippen molar-refractivity contribution in [2.24, 2.45) is 5.92 Å². The topological polar surface area (TPSA) is 17.1 Å². The van der Waals surface area contributed by atoms with E-state index in [0.717, 1.165) is 12.8 Å². The lowest BCUT2D eigenvalue weighted by Gasteiger charge is -1.99. The fourth-order valence-electron chi connectivity index (χ4n) is 1.47. The lowest BCUT2D eigenvalue weighted by atomic mass is 10.1. The standard InChI is InChI=1S/C15H20O/c1-13(2)7-6-10-15(16)12-11-14-8-4-3-5-9-14/h3-6,8-10,13H,7,11-12H2,1-2H3/b10-6+. The predicted octanol–water partition coefficient (Wildman–Crippen LogP) is 3.79. The zero-order valence-electron chi connectivity index (χ0n) is 10.1. The average Bonchev–Trinajstić information content (AvgIpc) is 2.27. The number of carbonyl (C=O) groups excluding carboxylic acids is 1. The summed E-state index contributed by atoms with van der Waals surface area (Å²) in [7, 11) is 0. The highest BCUT2D eigenvalue weighted by Gasteiger charge is 1.98. The minimum Gasteiger partial charge on any atom is -0.295 e. The van der Waals surface area contributed by atoms with Gasteiger partial charge < -0.3 is 0 Å². The maximum atomic E-state index is 11.5. The van der Waals surface area contributed by atoms with Crippen LogP contribution in [0.25, 0.3) is 0 Å². The molecule has 0 amide bonds. The third kappa shape index (κ3) is 5.50. The lowest BCUT2D eigenvalue weighted by Crippen LogP contribution is -1.96. The van der Waals surface area contributed by atoms with Crippen LogP contribution in [0, 0.1) is 5.92 Å². The van der Waals surface area contributed by atoms with Crippen LogP contribution >= 0.6 is 0 Å². The van der Waals surface area contributed by atoms with Crippen LogP contribution in [0.1, 0.15) is 32.3 Å². The van der Waals surface area contributed by atoms with E-state index in [4.69, 9.17) is 0 Å². The van der Waals surface area contributed by atoms with E-state index in [0.29, 0.717) is 12.3 Å². The van der Waals surface area contributed by atoms with Gasteiger partial charge in [-0.2, -0.15) is 0 Å². The number of ketones is 1. The maximum Gasteiger partial charge on any atom is 0.155 e. The molecule has 0 saturated heterocycles. The minimum absolute atomic E-state index is 0.226. The van der Waals surface area contributed by atoms with E-state index >= 15 is 0 Å². The number of allylic oxidation sites excluding steroid dienone is 2. The molecule has 0 saturated carbocycles. The molecule has 0 aliphatic carbocycles. The fraction of sp³-hybridized carbons (Fsp3) is 0.400. The molecule has 1 aromatic carbocycles. The quantitative estimate of drug-likeness (QED) is 0.661. The summed E-state index contributed by atoms with van der Waals surface area (Å²) in [6.07, 6.45) is 6.14. The summed E-state index contributed by atoms with van der Waals surface area (Å²) < 4.78 is 0. The molecule has 16 heavy (non-hydrogen) atoms. The number of benzene rings is 1. The summed E-state index contributed by atoms with van der Waals surface area (Å²) in [6.45, 7) is 4.30. The van der Waals surface area contributed by atoms with Crippen molar-refractivity contribution in [3.05, 3.63) is 48.0 Å². The van der Waals surface area contributed by atoms with E-state index in [1.165, 1.54) is 5.56 Å². The molecule has 86 valence electrons. The summed E-state index contributed by atoms with van der Waals surface area (Å²) in [6, 6.07) is 10.1. The highest BCUT2D eigenvalue weighted by atomic mass is 16.1. The van der Waals surface area contributed by atoms with E-state index < -0.39 is 0 Å². The van der Waals surface area contributed by atoms with Gasteiger partial charge in [-0.15, -0.1) is 0 Å². The van der Waals surface area contributed by atoms with Crippen LogP contribution in [0.4, 0.5) is 0 Å². The first-order valence-corrected chi connectivity index (χ1v) is 5.92. The number of hydrogen-bond acceptors (Lipinski definition) is 1. The summed E-state index contributed by atoms with van der Waals surface area (Å²) in [5.74, 6) is 0.850. The largest absolute Gasteiger partial charge is 0.295 e. The van der Waals surface area contributed by atoms with Gasteiger partial charge in [0.2, 0.25) is 0 Å². The summed E-state index contributed by atoms with van der Waals surface area (Å²) in [5.41, 5.74) is 1.23. The Labute approximate surface area is 98.2 Å². The van der Waals surface area contributed by atoms with Crippen LogP contribution in [0.3, 0.4) is 0 Å². The van der Waals surface area contributed by atoms with E-state index in [9.17, 15) is 4.79 Å². The molecule has 1 rings (SSSR count). The van der Waals surface area contributed by atoms with Crippen LogP contribution in [0.5, 0.6) is 0 Å². The Balaban J connectivity index is 2.28. The predicted molar refractivity (Wildman–Crippen MR) is 68.4 cm³/mol. The van der Waals surface area contributed by atoms with Gasteiger partial charge in [0.05, 0.1) is 0 Å². The summed E-state index contributed by atoms with van der Waals surface area (Å²) in [4.78, 5) is 11.5. The molecule has 0 aliphatic rings. The molecule has 0 heterocycles. The first-order chi connectivity index (χ1) is 7.68. The average molecular weight is 216 g/mol. The molecule has 0 radical (unpaired) electrons. The Morgan fingerprint density at radius 1 is 1.25 bits per heavy atom. The second-order valence-electron chi connectivity index (χ2n) is 4.48. The first-order valence-electron chi connectivity index (χ1n) is 5.92. The molecule has 0 N–H and O–H groups in total. The lowest BCUT2D eigenvalue weighted by molar-refractivity contribution is -0.114. The van der Waals surface area contributed by atoms with Crippen LogP contribution in [0.15, 0.2) is 42.5 Å². The smallest absolute Gasteiger partial charge is 0.155 e. The summed E-state index contributed by atoms with van der Waals surface area (Å²) >= 11 is 0. The third-order valence-electron chi connectivity index (χ3n) is 2.41.